The Hall–Kier alpha value is -1.14. The van der Waals surface area contributed by atoms with Crippen molar-refractivity contribution in [3.8, 4) is 0 Å². The van der Waals surface area contributed by atoms with Crippen LogP contribution in [0.15, 0.2) is 5.38 Å². The van der Waals surface area contributed by atoms with E-state index in [0.717, 1.165) is 17.7 Å². The molecule has 0 radical (unpaired) electrons. The van der Waals surface area contributed by atoms with Gasteiger partial charge in [0.15, 0.2) is 5.13 Å². The van der Waals surface area contributed by atoms with Crippen molar-refractivity contribution in [2.45, 2.75) is 38.3 Å². The van der Waals surface area contributed by atoms with E-state index in [4.69, 9.17) is 5.11 Å². The van der Waals surface area contributed by atoms with Gasteiger partial charge in [0, 0.05) is 24.0 Å². The van der Waals surface area contributed by atoms with E-state index in [0.29, 0.717) is 11.7 Å². The fourth-order valence-electron chi connectivity index (χ4n) is 1.85. The minimum Gasteiger partial charge on any atom is -0.481 e. The van der Waals surface area contributed by atoms with Crippen LogP contribution in [0.4, 0.5) is 5.13 Å². The summed E-state index contributed by atoms with van der Waals surface area (Å²) in [5.74, 6) is -0.839. The van der Waals surface area contributed by atoms with Crippen LogP contribution in [0, 0.1) is 0 Å². The van der Waals surface area contributed by atoms with Gasteiger partial charge < -0.3 is 10.4 Å². The number of carbonyl (C=O) groups is 1. The van der Waals surface area contributed by atoms with Crippen molar-refractivity contribution in [2.75, 3.05) is 18.9 Å². The summed E-state index contributed by atoms with van der Waals surface area (Å²) in [4.78, 5) is 17.2. The molecule has 2 N–H and O–H groups in total. The van der Waals surface area contributed by atoms with Crippen LogP contribution in [-0.4, -0.2) is 46.6 Å². The number of aliphatic carboxylic acids is 1. The maximum absolute atomic E-state index is 10.6. The molecule has 5 nitrogen and oxygen atoms in total. The molecule has 100 valence electrons. The van der Waals surface area contributed by atoms with Crippen molar-refractivity contribution in [2.24, 2.45) is 0 Å². The summed E-state index contributed by atoms with van der Waals surface area (Å²) in [6, 6.07) is 1.21. The molecule has 1 saturated carbocycles. The van der Waals surface area contributed by atoms with E-state index >= 15 is 0 Å². The highest BCUT2D eigenvalue weighted by Gasteiger charge is 2.28. The van der Waals surface area contributed by atoms with E-state index < -0.39 is 5.97 Å². The summed E-state index contributed by atoms with van der Waals surface area (Å²) < 4.78 is 0. The lowest BCUT2D eigenvalue weighted by Gasteiger charge is -2.24. The van der Waals surface area contributed by atoms with Crippen molar-refractivity contribution >= 4 is 22.4 Å². The van der Waals surface area contributed by atoms with Gasteiger partial charge in [0.2, 0.25) is 0 Å². The molecule has 1 aliphatic carbocycles. The molecule has 6 heteroatoms. The zero-order valence-electron chi connectivity index (χ0n) is 10.7. The third-order valence-electron chi connectivity index (χ3n) is 3.25. The van der Waals surface area contributed by atoms with E-state index in [-0.39, 0.29) is 6.42 Å². The lowest BCUT2D eigenvalue weighted by molar-refractivity contribution is -0.136. The van der Waals surface area contributed by atoms with Gasteiger partial charge in [0.1, 0.15) is 0 Å². The highest BCUT2D eigenvalue weighted by atomic mass is 32.1. The number of nitrogens with one attached hydrogen (secondary N) is 1. The Balaban J connectivity index is 1.78. The molecule has 18 heavy (non-hydrogen) atoms. The standard InChI is InChI=1S/C12H19N3O2S/c1-8(15(2)10-3-4-10)6-13-12-14-9(7-18-12)5-11(16)17/h7-8,10H,3-6H2,1-2H3,(H,13,14)(H,16,17). The van der Waals surface area contributed by atoms with Crippen LogP contribution < -0.4 is 5.32 Å². The van der Waals surface area contributed by atoms with Gasteiger partial charge in [-0.05, 0) is 26.8 Å². The normalized spacial score (nSPS) is 16.8. The minimum absolute atomic E-state index is 0.00426. The minimum atomic E-state index is -0.839. The van der Waals surface area contributed by atoms with Crippen molar-refractivity contribution in [3.63, 3.8) is 0 Å². The van der Waals surface area contributed by atoms with E-state index in [1.165, 1.54) is 24.2 Å². The van der Waals surface area contributed by atoms with Crippen LogP contribution in [0.3, 0.4) is 0 Å². The molecule has 1 aromatic rings. The van der Waals surface area contributed by atoms with Crippen molar-refractivity contribution in [1.29, 1.82) is 0 Å². The van der Waals surface area contributed by atoms with Crippen LogP contribution in [0.5, 0.6) is 0 Å². The van der Waals surface area contributed by atoms with Crippen molar-refractivity contribution in [1.82, 2.24) is 9.88 Å². The van der Waals surface area contributed by atoms with Gasteiger partial charge in [-0.25, -0.2) is 4.98 Å². The summed E-state index contributed by atoms with van der Waals surface area (Å²) >= 11 is 1.47. The predicted molar refractivity (Wildman–Crippen MR) is 72.2 cm³/mol. The van der Waals surface area contributed by atoms with E-state index in [1.54, 1.807) is 5.38 Å². The molecule has 0 bridgehead atoms. The second kappa shape index (κ2) is 5.67. The first kappa shape index (κ1) is 13.3. The molecule has 1 atom stereocenters. The first-order valence-electron chi connectivity index (χ1n) is 6.18. The number of carboxylic acid groups (broad SMARTS) is 1. The van der Waals surface area contributed by atoms with Crippen LogP contribution in [0.1, 0.15) is 25.5 Å². The Morgan fingerprint density at radius 2 is 2.44 bits per heavy atom. The predicted octanol–water partition coefficient (Wildman–Crippen LogP) is 1.66. The van der Waals surface area contributed by atoms with Gasteiger partial charge in [-0.3, -0.25) is 9.69 Å². The van der Waals surface area contributed by atoms with Crippen LogP contribution in [0.2, 0.25) is 0 Å². The first-order chi connectivity index (χ1) is 8.56. The number of hydrogen-bond donors (Lipinski definition) is 2. The van der Waals surface area contributed by atoms with Crippen molar-refractivity contribution < 1.29 is 9.90 Å². The number of anilines is 1. The van der Waals surface area contributed by atoms with Gasteiger partial charge in [0.25, 0.3) is 0 Å². The molecule has 1 aliphatic rings. The molecule has 0 spiro atoms. The second-order valence-electron chi connectivity index (χ2n) is 4.84. The Bertz CT molecular complexity index is 417. The van der Waals surface area contributed by atoms with Gasteiger partial charge in [-0.2, -0.15) is 0 Å². The number of nitrogens with zero attached hydrogens (tertiary/aromatic N) is 2. The lowest BCUT2D eigenvalue weighted by atomic mass is 10.3. The maximum Gasteiger partial charge on any atom is 0.309 e. The number of likely N-dealkylation sites (N-methyl/N-ethyl adjacent to an activating group) is 1. The fraction of sp³-hybridized carbons (Fsp3) is 0.667. The third-order valence-corrected chi connectivity index (χ3v) is 4.10. The molecule has 1 fully saturated rings. The monoisotopic (exact) mass is 269 g/mol. The van der Waals surface area contributed by atoms with Gasteiger partial charge in [0.05, 0.1) is 12.1 Å². The van der Waals surface area contributed by atoms with Crippen LogP contribution in [-0.2, 0) is 11.2 Å². The van der Waals surface area contributed by atoms with Crippen LogP contribution in [0.25, 0.3) is 0 Å². The fourth-order valence-corrected chi connectivity index (χ4v) is 2.57. The molecule has 0 aliphatic heterocycles. The highest BCUT2D eigenvalue weighted by Crippen LogP contribution is 2.27. The van der Waals surface area contributed by atoms with E-state index in [2.05, 4.69) is 29.2 Å². The summed E-state index contributed by atoms with van der Waals surface area (Å²) in [6.07, 6.45) is 2.61. The lowest BCUT2D eigenvalue weighted by Crippen LogP contribution is -2.36. The zero-order chi connectivity index (χ0) is 13.1. The average molecular weight is 269 g/mol. The highest BCUT2D eigenvalue weighted by molar-refractivity contribution is 7.13. The zero-order valence-corrected chi connectivity index (χ0v) is 11.5. The summed E-state index contributed by atoms with van der Waals surface area (Å²) in [5, 5.41) is 14.6. The Labute approximate surface area is 111 Å². The topological polar surface area (TPSA) is 65.5 Å². The Kier molecular flexibility index (Phi) is 4.19. The van der Waals surface area contributed by atoms with Gasteiger partial charge >= 0.3 is 5.97 Å². The summed E-state index contributed by atoms with van der Waals surface area (Å²) in [7, 11) is 2.15. The first-order valence-corrected chi connectivity index (χ1v) is 7.06. The van der Waals surface area contributed by atoms with E-state index in [9.17, 15) is 4.79 Å². The molecule has 0 aromatic carbocycles. The number of carboxylic acids is 1. The smallest absolute Gasteiger partial charge is 0.309 e. The number of hydrogen-bond acceptors (Lipinski definition) is 5. The SMILES string of the molecule is CC(CNc1nc(CC(=O)O)cs1)N(C)C1CC1. The molecule has 1 heterocycles. The number of aromatic nitrogens is 1. The van der Waals surface area contributed by atoms with Crippen LogP contribution >= 0.6 is 11.3 Å². The maximum atomic E-state index is 10.6. The molecule has 0 saturated heterocycles. The third kappa shape index (κ3) is 3.68. The Morgan fingerprint density at radius 3 is 3.06 bits per heavy atom. The molecular weight excluding hydrogens is 250 g/mol. The summed E-state index contributed by atoms with van der Waals surface area (Å²) in [6.45, 7) is 3.03. The van der Waals surface area contributed by atoms with Crippen molar-refractivity contribution in [3.05, 3.63) is 11.1 Å². The Morgan fingerprint density at radius 1 is 1.72 bits per heavy atom. The molecule has 1 aromatic heterocycles. The average Bonchev–Trinajstić information content (AvgIpc) is 3.07. The molecule has 2 rings (SSSR count). The van der Waals surface area contributed by atoms with Gasteiger partial charge in [-0.1, -0.05) is 0 Å². The number of rotatable bonds is 7. The number of thiazole rings is 1. The largest absolute Gasteiger partial charge is 0.481 e. The van der Waals surface area contributed by atoms with Gasteiger partial charge in [-0.15, -0.1) is 11.3 Å². The molecule has 1 unspecified atom stereocenters. The molecular formula is C12H19N3O2S. The van der Waals surface area contributed by atoms with E-state index in [1.807, 2.05) is 0 Å². The second-order valence-corrected chi connectivity index (χ2v) is 5.70. The molecule has 0 amide bonds. The quantitative estimate of drug-likeness (QED) is 0.788. The summed E-state index contributed by atoms with van der Waals surface area (Å²) in [5.41, 5.74) is 0.623.